The summed E-state index contributed by atoms with van der Waals surface area (Å²) < 4.78 is 5.46. The maximum Gasteiger partial charge on any atom is 0.339 e. The molecule has 1 atom stereocenters. The first-order valence-corrected chi connectivity index (χ1v) is 12.8. The number of hydrogen-bond donors (Lipinski definition) is 2. The van der Waals surface area contributed by atoms with Crippen molar-refractivity contribution in [3.05, 3.63) is 105 Å². The Hall–Kier alpha value is -4.29. The molecule has 2 N–H and O–H groups in total. The Kier molecular flexibility index (Phi) is 9.52. The zero-order chi connectivity index (χ0) is 27.7. The molecule has 38 heavy (non-hydrogen) atoms. The average molecular weight is 533 g/mol. The number of thioether (sulfide) groups is 1. The fourth-order valence-corrected chi connectivity index (χ4v) is 4.06. The Labute approximate surface area is 225 Å². The number of nitrogens with one attached hydrogen (secondary N) is 1. The first-order chi connectivity index (χ1) is 18.0. The third kappa shape index (κ3) is 8.68. The monoisotopic (exact) mass is 532 g/mol. The van der Waals surface area contributed by atoms with Gasteiger partial charge in [-0.05, 0) is 47.4 Å². The minimum absolute atomic E-state index is 0.0412. The molecule has 3 aromatic carbocycles. The lowest BCUT2D eigenvalue weighted by Crippen LogP contribution is -2.40. The highest BCUT2D eigenvalue weighted by molar-refractivity contribution is 7.99. The molecule has 0 aliphatic carbocycles. The number of ether oxygens (including phenoxy) is 1. The van der Waals surface area contributed by atoms with E-state index in [1.54, 1.807) is 12.1 Å². The summed E-state index contributed by atoms with van der Waals surface area (Å²) in [6.45, 7) is 5.98. The molecule has 8 nitrogen and oxygen atoms in total. The SMILES string of the molecule is CC(C)(C)COC(=O)C(NC(=O)c1ccc([N+](=O)[O-])c(C#Cc2ccc(O)cc2)c1)SCc1ccccc1. The van der Waals surface area contributed by atoms with E-state index in [1.807, 2.05) is 51.1 Å². The van der Waals surface area contributed by atoms with Gasteiger partial charge in [0.1, 0.15) is 11.3 Å². The molecule has 0 heterocycles. The first-order valence-electron chi connectivity index (χ1n) is 11.7. The molecule has 3 aromatic rings. The van der Waals surface area contributed by atoms with Gasteiger partial charge in [0.05, 0.1) is 11.5 Å². The van der Waals surface area contributed by atoms with Gasteiger partial charge in [0.25, 0.3) is 11.6 Å². The number of nitro benzene ring substituents is 1. The summed E-state index contributed by atoms with van der Waals surface area (Å²) in [7, 11) is 0. The number of hydrogen-bond acceptors (Lipinski definition) is 7. The molecule has 1 unspecified atom stereocenters. The Morgan fingerprint density at radius 2 is 1.74 bits per heavy atom. The smallest absolute Gasteiger partial charge is 0.339 e. The van der Waals surface area contributed by atoms with Crippen LogP contribution in [0.3, 0.4) is 0 Å². The lowest BCUT2D eigenvalue weighted by atomic mass is 9.99. The number of nitro groups is 1. The number of carbonyl (C=O) groups is 2. The minimum atomic E-state index is -0.994. The van der Waals surface area contributed by atoms with Gasteiger partial charge in [-0.1, -0.05) is 62.9 Å². The number of esters is 1. The molecule has 0 bridgehead atoms. The summed E-state index contributed by atoms with van der Waals surface area (Å²) in [5.41, 5.74) is 1.15. The zero-order valence-electron chi connectivity index (χ0n) is 21.3. The van der Waals surface area contributed by atoms with Crippen LogP contribution in [0.1, 0.15) is 47.8 Å². The molecule has 0 aliphatic heterocycles. The molecular weight excluding hydrogens is 504 g/mol. The van der Waals surface area contributed by atoms with Crippen LogP contribution in [-0.2, 0) is 15.3 Å². The topological polar surface area (TPSA) is 119 Å². The lowest BCUT2D eigenvalue weighted by Gasteiger charge is -2.22. The van der Waals surface area contributed by atoms with Gasteiger partial charge >= 0.3 is 5.97 Å². The van der Waals surface area contributed by atoms with Crippen LogP contribution < -0.4 is 5.32 Å². The second-order valence-corrected chi connectivity index (χ2v) is 10.7. The van der Waals surface area contributed by atoms with E-state index in [4.69, 9.17) is 4.74 Å². The van der Waals surface area contributed by atoms with Crippen LogP contribution in [0.25, 0.3) is 0 Å². The van der Waals surface area contributed by atoms with E-state index in [9.17, 15) is 24.8 Å². The molecule has 3 rings (SSSR count). The van der Waals surface area contributed by atoms with E-state index in [1.165, 1.54) is 42.1 Å². The molecule has 196 valence electrons. The van der Waals surface area contributed by atoms with Crippen LogP contribution in [0, 0.1) is 27.4 Å². The summed E-state index contributed by atoms with van der Waals surface area (Å²) in [4.78, 5) is 37.0. The van der Waals surface area contributed by atoms with Crippen molar-refractivity contribution in [3.63, 3.8) is 0 Å². The van der Waals surface area contributed by atoms with Crippen molar-refractivity contribution in [1.29, 1.82) is 0 Å². The minimum Gasteiger partial charge on any atom is -0.508 e. The van der Waals surface area contributed by atoms with E-state index >= 15 is 0 Å². The maximum atomic E-state index is 13.1. The standard InChI is InChI=1S/C29H28N2O6S/c1-29(2,3)19-37-28(34)27(38-18-21-7-5-4-6-8-21)30-26(33)23-13-16-25(31(35)36)22(17-23)12-9-20-10-14-24(32)15-11-20/h4-8,10-11,13-17,27,32H,18-19H2,1-3H3,(H,30,33). The number of phenols is 1. The number of carbonyl (C=O) groups excluding carboxylic acids is 2. The van der Waals surface area contributed by atoms with Crippen molar-refractivity contribution in [3.8, 4) is 17.6 Å². The first kappa shape index (κ1) is 28.3. The van der Waals surface area contributed by atoms with Gasteiger partial charge < -0.3 is 15.2 Å². The predicted molar refractivity (Wildman–Crippen MR) is 147 cm³/mol. The summed E-state index contributed by atoms with van der Waals surface area (Å²) >= 11 is 1.21. The Balaban J connectivity index is 1.83. The number of phenolic OH excluding ortho intramolecular Hbond substituents is 1. The van der Waals surface area contributed by atoms with Crippen LogP contribution >= 0.6 is 11.8 Å². The number of benzene rings is 3. The lowest BCUT2D eigenvalue weighted by molar-refractivity contribution is -0.385. The van der Waals surface area contributed by atoms with Gasteiger partial charge in [-0.25, -0.2) is 4.79 Å². The third-order valence-electron chi connectivity index (χ3n) is 5.05. The molecule has 9 heteroatoms. The van der Waals surface area contributed by atoms with Crippen molar-refractivity contribution in [1.82, 2.24) is 5.32 Å². The van der Waals surface area contributed by atoms with E-state index in [2.05, 4.69) is 17.2 Å². The summed E-state index contributed by atoms with van der Waals surface area (Å²) in [6.07, 6.45) is 0. The average Bonchev–Trinajstić information content (AvgIpc) is 2.89. The predicted octanol–water partition coefficient (Wildman–Crippen LogP) is 5.28. The molecule has 0 spiro atoms. The number of aromatic hydroxyl groups is 1. The molecule has 0 fully saturated rings. The Morgan fingerprint density at radius 1 is 1.05 bits per heavy atom. The van der Waals surface area contributed by atoms with Gasteiger partial charge in [0.15, 0.2) is 5.37 Å². The van der Waals surface area contributed by atoms with Gasteiger partial charge in [-0.15, -0.1) is 11.8 Å². The summed E-state index contributed by atoms with van der Waals surface area (Å²) in [5.74, 6) is 4.89. The maximum absolute atomic E-state index is 13.1. The molecule has 0 saturated carbocycles. The van der Waals surface area contributed by atoms with Crippen molar-refractivity contribution >= 4 is 29.3 Å². The number of amides is 1. The van der Waals surface area contributed by atoms with Crippen LogP contribution in [0.5, 0.6) is 5.75 Å². The highest BCUT2D eigenvalue weighted by Crippen LogP contribution is 2.22. The van der Waals surface area contributed by atoms with E-state index < -0.39 is 22.2 Å². The molecule has 0 aliphatic rings. The molecule has 0 aromatic heterocycles. The van der Waals surface area contributed by atoms with Crippen molar-refractivity contribution in [2.24, 2.45) is 5.41 Å². The fourth-order valence-electron chi connectivity index (χ4n) is 3.11. The van der Waals surface area contributed by atoms with Gasteiger partial charge in [-0.3, -0.25) is 14.9 Å². The quantitative estimate of drug-likeness (QED) is 0.133. The van der Waals surface area contributed by atoms with Gasteiger partial charge in [0, 0.05) is 22.9 Å². The van der Waals surface area contributed by atoms with Crippen LogP contribution in [0.4, 0.5) is 5.69 Å². The Bertz CT molecular complexity index is 1360. The highest BCUT2D eigenvalue weighted by Gasteiger charge is 2.26. The molecule has 0 radical (unpaired) electrons. The van der Waals surface area contributed by atoms with Crippen molar-refractivity contribution in [2.75, 3.05) is 6.61 Å². The third-order valence-corrected chi connectivity index (χ3v) is 6.19. The van der Waals surface area contributed by atoms with Crippen LogP contribution in [0.2, 0.25) is 0 Å². The van der Waals surface area contributed by atoms with Crippen molar-refractivity contribution in [2.45, 2.75) is 31.9 Å². The fraction of sp³-hybridized carbons (Fsp3) is 0.241. The summed E-state index contributed by atoms with van der Waals surface area (Å²) in [5, 5.41) is 22.7. The van der Waals surface area contributed by atoms with Gasteiger partial charge in [0.2, 0.25) is 0 Å². The highest BCUT2D eigenvalue weighted by atomic mass is 32.2. The van der Waals surface area contributed by atoms with E-state index in [0.717, 1.165) is 5.56 Å². The second-order valence-electron chi connectivity index (χ2n) is 9.60. The zero-order valence-corrected chi connectivity index (χ0v) is 22.1. The normalized spacial score (nSPS) is 11.6. The van der Waals surface area contributed by atoms with Crippen LogP contribution in [0.15, 0.2) is 72.8 Å². The number of nitrogens with zero attached hydrogens (tertiary/aromatic N) is 1. The van der Waals surface area contributed by atoms with E-state index in [-0.39, 0.29) is 34.6 Å². The van der Waals surface area contributed by atoms with Gasteiger partial charge in [-0.2, -0.15) is 0 Å². The molecular formula is C29H28N2O6S. The molecule has 1 amide bonds. The van der Waals surface area contributed by atoms with Crippen molar-refractivity contribution < 1.29 is 24.4 Å². The molecule has 0 saturated heterocycles. The van der Waals surface area contributed by atoms with E-state index in [0.29, 0.717) is 11.3 Å². The van der Waals surface area contributed by atoms with Crippen LogP contribution in [-0.4, -0.2) is 33.9 Å². The summed E-state index contributed by atoms with van der Waals surface area (Å²) in [6, 6.07) is 19.4. The Morgan fingerprint density at radius 3 is 2.37 bits per heavy atom. The second kappa shape index (κ2) is 12.8. The largest absolute Gasteiger partial charge is 0.508 e. The number of rotatable bonds is 8.